The Morgan fingerprint density at radius 2 is 1.56 bits per heavy atom. The van der Waals surface area contributed by atoms with Crippen molar-refractivity contribution in [3.8, 4) is 5.75 Å². The van der Waals surface area contributed by atoms with Crippen molar-refractivity contribution in [2.75, 3.05) is 32.8 Å². The maximum atomic E-state index is 12.8. The summed E-state index contributed by atoms with van der Waals surface area (Å²) in [6.07, 6.45) is -0.215. The Balaban J connectivity index is 1.95. The minimum Gasteiger partial charge on any atom is -0.481 e. The van der Waals surface area contributed by atoms with Crippen LogP contribution < -0.4 is 4.74 Å². The molecule has 25 heavy (non-hydrogen) atoms. The fourth-order valence-electron chi connectivity index (χ4n) is 3.00. The van der Waals surface area contributed by atoms with Gasteiger partial charge < -0.3 is 19.3 Å². The number of benzene rings is 1. The summed E-state index contributed by atoms with van der Waals surface area (Å²) in [5, 5.41) is 0. The molecule has 0 unspecified atom stereocenters. The van der Waals surface area contributed by atoms with E-state index in [9.17, 15) is 9.59 Å². The van der Waals surface area contributed by atoms with Gasteiger partial charge in [0.05, 0.1) is 6.61 Å². The van der Waals surface area contributed by atoms with Gasteiger partial charge in [0, 0.05) is 26.2 Å². The molecule has 0 radical (unpaired) electrons. The van der Waals surface area contributed by atoms with Crippen molar-refractivity contribution in [1.82, 2.24) is 9.80 Å². The number of carbonyl (C=O) groups is 2. The minimum absolute atomic E-state index is 0.0230. The minimum atomic E-state index is -0.504. The second-order valence-electron chi connectivity index (χ2n) is 6.35. The molecule has 0 aliphatic carbocycles. The number of nitrogens with zero attached hydrogens (tertiary/aromatic N) is 2. The number of piperazine rings is 1. The number of hydrogen-bond donors (Lipinski definition) is 0. The normalized spacial score (nSPS) is 15.7. The predicted octanol–water partition coefficient (Wildman–Crippen LogP) is 2.76. The van der Waals surface area contributed by atoms with Crippen LogP contribution in [-0.2, 0) is 9.53 Å². The maximum absolute atomic E-state index is 12.8. The lowest BCUT2D eigenvalue weighted by Crippen LogP contribution is -2.53. The number of aryl methyl sites for hydroxylation is 2. The van der Waals surface area contributed by atoms with Crippen LogP contribution in [0.5, 0.6) is 5.75 Å². The Morgan fingerprint density at radius 3 is 2.08 bits per heavy atom. The van der Waals surface area contributed by atoms with Gasteiger partial charge in [0.2, 0.25) is 0 Å². The Labute approximate surface area is 149 Å². The molecule has 6 nitrogen and oxygen atoms in total. The smallest absolute Gasteiger partial charge is 0.409 e. The van der Waals surface area contributed by atoms with Gasteiger partial charge in [-0.15, -0.1) is 0 Å². The summed E-state index contributed by atoms with van der Waals surface area (Å²) < 4.78 is 11.0. The van der Waals surface area contributed by atoms with E-state index in [0.29, 0.717) is 39.2 Å². The van der Waals surface area contributed by atoms with E-state index < -0.39 is 6.10 Å². The molecule has 0 saturated carbocycles. The quantitative estimate of drug-likeness (QED) is 0.821. The zero-order valence-corrected chi connectivity index (χ0v) is 15.6. The number of ether oxygens (including phenoxy) is 2. The lowest BCUT2D eigenvalue weighted by atomic mass is 10.1. The maximum Gasteiger partial charge on any atom is 0.409 e. The van der Waals surface area contributed by atoms with Crippen molar-refractivity contribution in [3.63, 3.8) is 0 Å². The molecule has 2 amide bonds. The van der Waals surface area contributed by atoms with Crippen molar-refractivity contribution in [1.29, 1.82) is 0 Å². The largest absolute Gasteiger partial charge is 0.481 e. The third-order valence-corrected chi connectivity index (χ3v) is 4.24. The molecule has 6 heteroatoms. The number of rotatable bonds is 5. The summed E-state index contributed by atoms with van der Waals surface area (Å²) in [7, 11) is 0. The van der Waals surface area contributed by atoms with Gasteiger partial charge in [-0.05, 0) is 50.5 Å². The van der Waals surface area contributed by atoms with E-state index in [-0.39, 0.29) is 12.0 Å². The van der Waals surface area contributed by atoms with E-state index >= 15 is 0 Å². The van der Waals surface area contributed by atoms with E-state index in [1.807, 2.05) is 32.9 Å². The first-order valence-corrected chi connectivity index (χ1v) is 8.90. The summed E-state index contributed by atoms with van der Waals surface area (Å²) in [6.45, 7) is 10.1. The van der Waals surface area contributed by atoms with Gasteiger partial charge in [-0.1, -0.05) is 13.0 Å². The average molecular weight is 348 g/mol. The Bertz CT molecular complexity index is 589. The van der Waals surface area contributed by atoms with Crippen LogP contribution >= 0.6 is 0 Å². The number of hydrogen-bond acceptors (Lipinski definition) is 4. The second-order valence-corrected chi connectivity index (χ2v) is 6.35. The molecule has 1 aromatic rings. The average Bonchev–Trinajstić information content (AvgIpc) is 2.58. The van der Waals surface area contributed by atoms with Gasteiger partial charge in [0.25, 0.3) is 5.91 Å². The SMILES string of the molecule is CCOC(=O)N1CCN(C(=O)[C@@H](CC)Oc2cc(C)cc(C)c2)CC1. The zero-order chi connectivity index (χ0) is 18.4. The number of amides is 2. The topological polar surface area (TPSA) is 59.1 Å². The lowest BCUT2D eigenvalue weighted by molar-refractivity contribution is -0.140. The fourth-order valence-corrected chi connectivity index (χ4v) is 3.00. The van der Waals surface area contributed by atoms with E-state index in [1.165, 1.54) is 0 Å². The van der Waals surface area contributed by atoms with Crippen LogP contribution in [0.2, 0.25) is 0 Å². The van der Waals surface area contributed by atoms with Crippen molar-refractivity contribution in [2.45, 2.75) is 40.2 Å². The molecule has 1 aromatic carbocycles. The summed E-state index contributed by atoms with van der Waals surface area (Å²) >= 11 is 0. The van der Waals surface area contributed by atoms with Crippen molar-refractivity contribution in [3.05, 3.63) is 29.3 Å². The van der Waals surface area contributed by atoms with Gasteiger partial charge in [0.1, 0.15) is 5.75 Å². The first-order valence-electron chi connectivity index (χ1n) is 8.90. The van der Waals surface area contributed by atoms with Crippen molar-refractivity contribution >= 4 is 12.0 Å². The third-order valence-electron chi connectivity index (χ3n) is 4.24. The fraction of sp³-hybridized carbons (Fsp3) is 0.579. The molecule has 1 atom stereocenters. The molecule has 0 bridgehead atoms. The highest BCUT2D eigenvalue weighted by Gasteiger charge is 2.29. The third kappa shape index (κ3) is 5.11. The van der Waals surface area contributed by atoms with E-state index in [1.54, 1.807) is 16.7 Å². The molecule has 0 N–H and O–H groups in total. The Hall–Kier alpha value is -2.24. The molecule has 1 heterocycles. The summed E-state index contributed by atoms with van der Waals surface area (Å²) in [5.74, 6) is 0.702. The summed E-state index contributed by atoms with van der Waals surface area (Å²) in [6, 6.07) is 5.97. The first kappa shape index (κ1) is 19.1. The van der Waals surface area contributed by atoms with Gasteiger partial charge >= 0.3 is 6.09 Å². The molecule has 0 spiro atoms. The molecule has 1 aliphatic rings. The van der Waals surface area contributed by atoms with Gasteiger partial charge in [-0.2, -0.15) is 0 Å². The van der Waals surface area contributed by atoms with E-state index in [4.69, 9.17) is 9.47 Å². The molecule has 1 fully saturated rings. The molecular weight excluding hydrogens is 320 g/mol. The van der Waals surface area contributed by atoms with Crippen LogP contribution in [0.15, 0.2) is 18.2 Å². The van der Waals surface area contributed by atoms with E-state index in [0.717, 1.165) is 16.9 Å². The van der Waals surface area contributed by atoms with Gasteiger partial charge in [-0.3, -0.25) is 4.79 Å². The molecule has 2 rings (SSSR count). The van der Waals surface area contributed by atoms with Crippen LogP contribution in [0, 0.1) is 13.8 Å². The van der Waals surface area contributed by atoms with Crippen LogP contribution in [-0.4, -0.2) is 60.7 Å². The first-order chi connectivity index (χ1) is 11.9. The molecule has 0 aromatic heterocycles. The molecule has 1 aliphatic heterocycles. The van der Waals surface area contributed by atoms with Gasteiger partial charge in [-0.25, -0.2) is 4.79 Å². The Morgan fingerprint density at radius 1 is 1.00 bits per heavy atom. The van der Waals surface area contributed by atoms with Crippen LogP contribution in [0.1, 0.15) is 31.4 Å². The van der Waals surface area contributed by atoms with Crippen LogP contribution in [0.3, 0.4) is 0 Å². The Kier molecular flexibility index (Phi) is 6.67. The second kappa shape index (κ2) is 8.74. The van der Waals surface area contributed by atoms with E-state index in [2.05, 4.69) is 6.07 Å². The van der Waals surface area contributed by atoms with Crippen LogP contribution in [0.4, 0.5) is 4.79 Å². The highest BCUT2D eigenvalue weighted by atomic mass is 16.6. The van der Waals surface area contributed by atoms with Crippen molar-refractivity contribution in [2.24, 2.45) is 0 Å². The number of carbonyl (C=O) groups excluding carboxylic acids is 2. The summed E-state index contributed by atoms with van der Waals surface area (Å²) in [4.78, 5) is 27.9. The molecular formula is C19H28N2O4. The van der Waals surface area contributed by atoms with Crippen LogP contribution in [0.25, 0.3) is 0 Å². The molecule has 138 valence electrons. The molecule has 1 saturated heterocycles. The van der Waals surface area contributed by atoms with Gasteiger partial charge in [0.15, 0.2) is 6.10 Å². The van der Waals surface area contributed by atoms with Crippen molar-refractivity contribution < 1.29 is 19.1 Å². The predicted molar refractivity (Wildman–Crippen MR) is 95.8 cm³/mol. The lowest BCUT2D eigenvalue weighted by Gasteiger charge is -2.35. The summed E-state index contributed by atoms with van der Waals surface area (Å²) in [5.41, 5.74) is 2.22. The highest BCUT2D eigenvalue weighted by Crippen LogP contribution is 2.19. The monoisotopic (exact) mass is 348 g/mol. The standard InChI is InChI=1S/C19H28N2O4/c1-5-17(25-16-12-14(3)11-15(4)13-16)18(22)20-7-9-21(10-8-20)19(23)24-6-2/h11-13,17H,5-10H2,1-4H3/t17-/m1/s1. The zero-order valence-electron chi connectivity index (χ0n) is 15.6. The highest BCUT2D eigenvalue weighted by molar-refractivity contribution is 5.81.